The molecule has 8 nitrogen and oxygen atoms in total. The number of nitrogens with zero attached hydrogens (tertiary/aromatic N) is 5. The summed E-state index contributed by atoms with van der Waals surface area (Å²) < 4.78 is 3.25. The second-order valence-electron chi connectivity index (χ2n) is 5.76. The number of rotatable bonds is 4. The second kappa shape index (κ2) is 6.40. The van der Waals surface area contributed by atoms with Gasteiger partial charge in [-0.2, -0.15) is 5.10 Å². The van der Waals surface area contributed by atoms with Crippen LogP contribution in [0.2, 0.25) is 0 Å². The molecule has 0 unspecified atom stereocenters. The predicted octanol–water partition coefficient (Wildman–Crippen LogP) is 1.39. The molecule has 26 heavy (non-hydrogen) atoms. The molecule has 0 bridgehead atoms. The molecule has 4 aromatic rings. The highest BCUT2D eigenvalue weighted by Gasteiger charge is 2.13. The summed E-state index contributed by atoms with van der Waals surface area (Å²) in [6.45, 7) is 2.68. The third-order valence-corrected chi connectivity index (χ3v) is 4.23. The Kier molecular flexibility index (Phi) is 3.92. The van der Waals surface area contributed by atoms with E-state index in [4.69, 9.17) is 0 Å². The first-order valence-electron chi connectivity index (χ1n) is 8.22. The summed E-state index contributed by atoms with van der Waals surface area (Å²) >= 11 is 0. The highest BCUT2D eigenvalue weighted by atomic mass is 16.1. The summed E-state index contributed by atoms with van der Waals surface area (Å²) in [6, 6.07) is 6.93. The maximum atomic E-state index is 12.6. The van der Waals surface area contributed by atoms with Gasteiger partial charge < -0.3 is 9.88 Å². The Bertz CT molecular complexity index is 1160. The molecule has 0 saturated heterocycles. The fraction of sp³-hybridized carbons (Fsp3) is 0.167. The van der Waals surface area contributed by atoms with Crippen LogP contribution >= 0.6 is 0 Å². The largest absolute Gasteiger partial charge is 0.346 e. The van der Waals surface area contributed by atoms with Gasteiger partial charge in [-0.25, -0.2) is 4.52 Å². The van der Waals surface area contributed by atoms with E-state index in [1.165, 1.54) is 0 Å². The van der Waals surface area contributed by atoms with Crippen LogP contribution in [-0.4, -0.2) is 30.1 Å². The van der Waals surface area contributed by atoms with Crippen LogP contribution in [0.1, 0.15) is 23.0 Å². The number of aryl methyl sites for hydroxylation is 1. The zero-order valence-electron chi connectivity index (χ0n) is 14.1. The number of benzene rings is 1. The van der Waals surface area contributed by atoms with Crippen LogP contribution in [0.5, 0.6) is 0 Å². The van der Waals surface area contributed by atoms with Gasteiger partial charge in [0.15, 0.2) is 0 Å². The third kappa shape index (κ3) is 2.61. The highest BCUT2D eigenvalue weighted by Crippen LogP contribution is 2.16. The Morgan fingerprint density at radius 2 is 2.00 bits per heavy atom. The molecule has 1 amide bonds. The van der Waals surface area contributed by atoms with Crippen molar-refractivity contribution in [2.24, 2.45) is 0 Å². The van der Waals surface area contributed by atoms with E-state index in [1.807, 2.05) is 6.92 Å². The summed E-state index contributed by atoms with van der Waals surface area (Å²) in [5.74, 6) is -0.242. The number of carbonyl (C=O) groups is 1. The van der Waals surface area contributed by atoms with Crippen LogP contribution < -0.4 is 10.9 Å². The van der Waals surface area contributed by atoms with Crippen molar-refractivity contribution >= 4 is 22.5 Å². The van der Waals surface area contributed by atoms with Crippen molar-refractivity contribution in [1.29, 1.82) is 0 Å². The molecule has 0 aliphatic carbocycles. The summed E-state index contributed by atoms with van der Waals surface area (Å²) in [6.07, 6.45) is 6.35. The van der Waals surface area contributed by atoms with E-state index in [0.717, 1.165) is 5.52 Å². The lowest BCUT2D eigenvalue weighted by atomic mass is 10.1. The number of carbonyl (C=O) groups excluding carboxylic acids is 1. The van der Waals surface area contributed by atoms with Crippen molar-refractivity contribution < 1.29 is 4.79 Å². The first kappa shape index (κ1) is 15.9. The van der Waals surface area contributed by atoms with Gasteiger partial charge in [0, 0.05) is 24.5 Å². The van der Waals surface area contributed by atoms with Crippen molar-refractivity contribution in [2.45, 2.75) is 20.0 Å². The van der Waals surface area contributed by atoms with Gasteiger partial charge in [0.05, 0.1) is 35.7 Å². The molecular weight excluding hydrogens is 332 g/mol. The quantitative estimate of drug-likeness (QED) is 0.601. The molecule has 0 saturated carbocycles. The van der Waals surface area contributed by atoms with Gasteiger partial charge in [-0.15, -0.1) is 0 Å². The van der Waals surface area contributed by atoms with E-state index >= 15 is 0 Å². The van der Waals surface area contributed by atoms with Crippen LogP contribution in [0.3, 0.4) is 0 Å². The number of hydrogen-bond acceptors (Lipinski definition) is 5. The molecule has 4 rings (SSSR count). The zero-order chi connectivity index (χ0) is 18.1. The normalized spacial score (nSPS) is 11.1. The Hall–Kier alpha value is -3.55. The summed E-state index contributed by atoms with van der Waals surface area (Å²) in [5, 5.41) is 7.03. The average Bonchev–Trinajstić information content (AvgIpc) is 3.17. The third-order valence-electron chi connectivity index (χ3n) is 4.23. The number of hydrogen-bond donors (Lipinski definition) is 1. The van der Waals surface area contributed by atoms with E-state index in [-0.39, 0.29) is 18.0 Å². The number of fused-ring (bicyclic) bond motifs is 3. The molecule has 1 aromatic carbocycles. The van der Waals surface area contributed by atoms with E-state index in [1.54, 1.807) is 58.1 Å². The van der Waals surface area contributed by atoms with Gasteiger partial charge in [-0.3, -0.25) is 19.6 Å². The molecule has 0 aliphatic heterocycles. The molecule has 0 aliphatic rings. The molecule has 3 aromatic heterocycles. The monoisotopic (exact) mass is 348 g/mol. The van der Waals surface area contributed by atoms with Crippen LogP contribution in [0.4, 0.5) is 0 Å². The Balaban J connectivity index is 1.74. The van der Waals surface area contributed by atoms with Crippen molar-refractivity contribution in [2.75, 3.05) is 0 Å². The van der Waals surface area contributed by atoms with E-state index in [0.29, 0.717) is 28.8 Å². The topological polar surface area (TPSA) is 94.2 Å². The maximum absolute atomic E-state index is 12.6. The highest BCUT2D eigenvalue weighted by molar-refractivity contribution is 5.97. The molecule has 0 radical (unpaired) electrons. The van der Waals surface area contributed by atoms with Crippen molar-refractivity contribution in [3.05, 3.63) is 70.7 Å². The minimum atomic E-state index is -0.242. The van der Waals surface area contributed by atoms with Gasteiger partial charge in [-0.1, -0.05) is 0 Å². The van der Waals surface area contributed by atoms with Crippen molar-refractivity contribution in [1.82, 2.24) is 29.5 Å². The molecule has 0 atom stereocenters. The first-order valence-corrected chi connectivity index (χ1v) is 8.22. The first-order chi connectivity index (χ1) is 12.7. The fourth-order valence-electron chi connectivity index (χ4n) is 2.97. The minimum absolute atomic E-state index is 0.130. The summed E-state index contributed by atoms with van der Waals surface area (Å²) in [7, 11) is 0. The lowest BCUT2D eigenvalue weighted by molar-refractivity contribution is 0.0950. The Morgan fingerprint density at radius 3 is 2.77 bits per heavy atom. The van der Waals surface area contributed by atoms with Gasteiger partial charge in [0.2, 0.25) is 0 Å². The summed E-state index contributed by atoms with van der Waals surface area (Å²) in [4.78, 5) is 33.2. The number of nitrogens with one attached hydrogen (secondary N) is 1. The van der Waals surface area contributed by atoms with E-state index in [2.05, 4.69) is 20.4 Å². The molecule has 0 spiro atoms. The van der Waals surface area contributed by atoms with Gasteiger partial charge in [0.1, 0.15) is 5.52 Å². The predicted molar refractivity (Wildman–Crippen MR) is 95.8 cm³/mol. The summed E-state index contributed by atoms with van der Waals surface area (Å²) in [5.41, 5.74) is 2.96. The average molecular weight is 348 g/mol. The number of amides is 1. The van der Waals surface area contributed by atoms with E-state index < -0.39 is 0 Å². The zero-order valence-corrected chi connectivity index (χ0v) is 14.1. The standard InChI is InChI=1S/C18H16N6O2/c1-2-23-16-9-12(17(25)21-11-13-10-19-7-8-20-13)3-4-14(16)24-15(18(23)26)5-6-22-24/h3-10H,2,11H2,1H3,(H,21,25). The van der Waals surface area contributed by atoms with Gasteiger partial charge in [-0.05, 0) is 31.2 Å². The van der Waals surface area contributed by atoms with Gasteiger partial charge >= 0.3 is 0 Å². The van der Waals surface area contributed by atoms with Gasteiger partial charge in [0.25, 0.3) is 11.5 Å². The number of aromatic nitrogens is 5. The van der Waals surface area contributed by atoms with Crippen molar-refractivity contribution in [3.8, 4) is 0 Å². The lowest BCUT2D eigenvalue weighted by Gasteiger charge is -2.11. The maximum Gasteiger partial charge on any atom is 0.277 e. The second-order valence-corrected chi connectivity index (χ2v) is 5.76. The van der Waals surface area contributed by atoms with Crippen LogP contribution in [-0.2, 0) is 13.1 Å². The molecule has 130 valence electrons. The Labute approximate surface area is 148 Å². The van der Waals surface area contributed by atoms with E-state index in [9.17, 15) is 9.59 Å². The molecule has 1 N–H and O–H groups in total. The van der Waals surface area contributed by atoms with Crippen molar-refractivity contribution in [3.63, 3.8) is 0 Å². The Morgan fingerprint density at radius 1 is 1.12 bits per heavy atom. The molecule has 0 fully saturated rings. The van der Waals surface area contributed by atoms with Crippen LogP contribution in [0.25, 0.3) is 16.6 Å². The molecule has 3 heterocycles. The fourth-order valence-corrected chi connectivity index (χ4v) is 2.97. The lowest BCUT2D eigenvalue weighted by Crippen LogP contribution is -2.25. The minimum Gasteiger partial charge on any atom is -0.346 e. The SMILES string of the molecule is CCn1c(=O)c2ccnn2c2ccc(C(=O)NCc3cnccn3)cc21. The van der Waals surface area contributed by atoms with Crippen LogP contribution in [0.15, 0.2) is 53.8 Å². The van der Waals surface area contributed by atoms with Crippen LogP contribution in [0, 0.1) is 0 Å². The smallest absolute Gasteiger partial charge is 0.277 e. The molecule has 8 heteroatoms. The molecular formula is C18H16N6O2.